The number of carbonyl (C=O) groups excluding carboxylic acids is 1. The molecule has 0 bridgehead atoms. The summed E-state index contributed by atoms with van der Waals surface area (Å²) in [7, 11) is -0.297. The topological polar surface area (TPSA) is 87.7 Å². The Morgan fingerprint density at radius 3 is 2.50 bits per heavy atom. The average Bonchev–Trinajstić information content (AvgIpc) is 3.32. The summed E-state index contributed by atoms with van der Waals surface area (Å²) in [6, 6.07) is 5.91. The van der Waals surface area contributed by atoms with E-state index in [4.69, 9.17) is 4.74 Å². The fourth-order valence-corrected chi connectivity index (χ4v) is 3.37. The second-order valence-corrected chi connectivity index (χ2v) is 7.15. The van der Waals surface area contributed by atoms with Gasteiger partial charge in [0.25, 0.3) is 0 Å². The van der Waals surface area contributed by atoms with Gasteiger partial charge in [-0.3, -0.25) is 0 Å². The molecule has 1 fully saturated rings. The van der Waals surface area contributed by atoms with Crippen molar-refractivity contribution in [2.75, 3.05) is 32.6 Å². The molecule has 0 atom stereocenters. The standard InChI is InChI=1S/C14H21N3O4S/c1-17(12-5-6-12)22(19,20)13-7-3-11(4-8-13)16-14(18)15-9-10-21-2/h3-4,7-8,12H,5-6,9-10H2,1-2H3,(H2,15,16,18). The van der Waals surface area contributed by atoms with Gasteiger partial charge in [0.2, 0.25) is 10.0 Å². The Hall–Kier alpha value is -1.64. The van der Waals surface area contributed by atoms with Crippen LogP contribution in [0, 0.1) is 0 Å². The van der Waals surface area contributed by atoms with E-state index in [2.05, 4.69) is 10.6 Å². The van der Waals surface area contributed by atoms with Crippen molar-refractivity contribution < 1.29 is 17.9 Å². The largest absolute Gasteiger partial charge is 0.383 e. The van der Waals surface area contributed by atoms with Crippen LogP contribution in [0.4, 0.5) is 10.5 Å². The molecule has 0 spiro atoms. The summed E-state index contributed by atoms with van der Waals surface area (Å²) in [4.78, 5) is 11.8. The highest BCUT2D eigenvalue weighted by atomic mass is 32.2. The van der Waals surface area contributed by atoms with Crippen molar-refractivity contribution in [1.29, 1.82) is 0 Å². The average molecular weight is 327 g/mol. The number of nitrogens with one attached hydrogen (secondary N) is 2. The molecule has 0 aliphatic heterocycles. The number of amides is 2. The van der Waals surface area contributed by atoms with E-state index in [0.717, 1.165) is 12.8 Å². The van der Waals surface area contributed by atoms with E-state index < -0.39 is 10.0 Å². The number of hydrogen-bond donors (Lipinski definition) is 2. The quantitative estimate of drug-likeness (QED) is 0.738. The third kappa shape index (κ3) is 4.19. The first kappa shape index (κ1) is 16.7. The summed E-state index contributed by atoms with van der Waals surface area (Å²) >= 11 is 0. The molecule has 1 saturated carbocycles. The zero-order valence-electron chi connectivity index (χ0n) is 12.7. The molecule has 0 aromatic heterocycles. The van der Waals surface area contributed by atoms with Crippen molar-refractivity contribution in [3.05, 3.63) is 24.3 Å². The van der Waals surface area contributed by atoms with Crippen LogP contribution in [0.25, 0.3) is 0 Å². The minimum absolute atomic E-state index is 0.120. The van der Waals surface area contributed by atoms with Crippen molar-refractivity contribution >= 4 is 21.7 Å². The molecule has 7 nitrogen and oxygen atoms in total. The molecule has 1 aliphatic rings. The lowest BCUT2D eigenvalue weighted by Crippen LogP contribution is -2.31. The summed E-state index contributed by atoms with van der Waals surface area (Å²) in [5.74, 6) is 0. The Labute approximate surface area is 130 Å². The van der Waals surface area contributed by atoms with Gasteiger partial charge in [0.05, 0.1) is 11.5 Å². The van der Waals surface area contributed by atoms with Crippen molar-refractivity contribution in [2.24, 2.45) is 0 Å². The minimum Gasteiger partial charge on any atom is -0.383 e. The Bertz CT molecular complexity index is 611. The third-order valence-electron chi connectivity index (χ3n) is 3.44. The van der Waals surface area contributed by atoms with Gasteiger partial charge in [0, 0.05) is 32.4 Å². The zero-order chi connectivity index (χ0) is 16.2. The number of methoxy groups -OCH3 is 1. The first-order valence-electron chi connectivity index (χ1n) is 7.07. The molecule has 1 aromatic rings. The lowest BCUT2D eigenvalue weighted by molar-refractivity contribution is 0.198. The van der Waals surface area contributed by atoms with Crippen LogP contribution >= 0.6 is 0 Å². The molecule has 2 amide bonds. The molecule has 0 unspecified atom stereocenters. The minimum atomic E-state index is -3.45. The van der Waals surface area contributed by atoms with Crippen LogP contribution in [-0.2, 0) is 14.8 Å². The van der Waals surface area contributed by atoms with Crippen LogP contribution in [0.5, 0.6) is 0 Å². The first-order chi connectivity index (χ1) is 10.4. The molecule has 22 heavy (non-hydrogen) atoms. The van der Waals surface area contributed by atoms with Gasteiger partial charge in [0.15, 0.2) is 0 Å². The highest BCUT2D eigenvalue weighted by Crippen LogP contribution is 2.30. The van der Waals surface area contributed by atoms with E-state index in [1.54, 1.807) is 26.3 Å². The SMILES string of the molecule is COCCNC(=O)Nc1ccc(S(=O)(=O)N(C)C2CC2)cc1. The first-order valence-corrected chi connectivity index (χ1v) is 8.51. The summed E-state index contributed by atoms with van der Waals surface area (Å²) in [5, 5.41) is 5.25. The number of nitrogens with zero attached hydrogens (tertiary/aromatic N) is 1. The van der Waals surface area contributed by atoms with Crippen molar-refractivity contribution in [3.63, 3.8) is 0 Å². The van der Waals surface area contributed by atoms with Crippen LogP contribution in [0.3, 0.4) is 0 Å². The van der Waals surface area contributed by atoms with Crippen molar-refractivity contribution in [2.45, 2.75) is 23.8 Å². The molecule has 1 aliphatic carbocycles. The Morgan fingerprint density at radius 2 is 1.95 bits per heavy atom. The van der Waals surface area contributed by atoms with E-state index in [1.165, 1.54) is 16.4 Å². The molecule has 2 N–H and O–H groups in total. The van der Waals surface area contributed by atoms with Gasteiger partial charge in [-0.25, -0.2) is 13.2 Å². The van der Waals surface area contributed by atoms with Gasteiger partial charge in [-0.1, -0.05) is 0 Å². The van der Waals surface area contributed by atoms with Gasteiger partial charge in [-0.15, -0.1) is 0 Å². The molecule has 0 saturated heterocycles. The number of hydrogen-bond acceptors (Lipinski definition) is 4. The van der Waals surface area contributed by atoms with E-state index in [9.17, 15) is 13.2 Å². The zero-order valence-corrected chi connectivity index (χ0v) is 13.5. The smallest absolute Gasteiger partial charge is 0.319 e. The van der Waals surface area contributed by atoms with E-state index in [-0.39, 0.29) is 17.0 Å². The Morgan fingerprint density at radius 1 is 1.32 bits per heavy atom. The van der Waals surface area contributed by atoms with E-state index >= 15 is 0 Å². The van der Waals surface area contributed by atoms with Gasteiger partial charge in [-0.05, 0) is 37.1 Å². The maximum Gasteiger partial charge on any atom is 0.319 e. The van der Waals surface area contributed by atoms with Crippen LogP contribution in [-0.4, -0.2) is 52.1 Å². The van der Waals surface area contributed by atoms with Crippen LogP contribution < -0.4 is 10.6 Å². The Balaban J connectivity index is 1.96. The molecular formula is C14H21N3O4S. The fourth-order valence-electron chi connectivity index (χ4n) is 1.95. The van der Waals surface area contributed by atoms with Gasteiger partial charge < -0.3 is 15.4 Å². The maximum atomic E-state index is 12.3. The van der Waals surface area contributed by atoms with E-state index in [0.29, 0.717) is 18.8 Å². The summed E-state index contributed by atoms with van der Waals surface area (Å²) < 4.78 is 30.9. The lowest BCUT2D eigenvalue weighted by Gasteiger charge is -2.16. The predicted molar refractivity (Wildman–Crippen MR) is 83.3 cm³/mol. The van der Waals surface area contributed by atoms with Gasteiger partial charge in [-0.2, -0.15) is 4.31 Å². The van der Waals surface area contributed by atoms with Gasteiger partial charge in [0.1, 0.15) is 0 Å². The number of carbonyl (C=O) groups is 1. The fraction of sp³-hybridized carbons (Fsp3) is 0.500. The van der Waals surface area contributed by atoms with Crippen LogP contribution in [0.1, 0.15) is 12.8 Å². The predicted octanol–water partition coefficient (Wildman–Crippen LogP) is 1.24. The number of benzene rings is 1. The number of rotatable bonds is 7. The molecule has 122 valence electrons. The molecule has 0 heterocycles. The monoisotopic (exact) mass is 327 g/mol. The second kappa shape index (κ2) is 7.08. The number of sulfonamides is 1. The molecule has 1 aromatic carbocycles. The second-order valence-electron chi connectivity index (χ2n) is 5.15. The Kier molecular flexibility index (Phi) is 5.38. The molecular weight excluding hydrogens is 306 g/mol. The number of urea groups is 1. The highest BCUT2D eigenvalue weighted by Gasteiger charge is 2.34. The summed E-state index contributed by atoms with van der Waals surface area (Å²) in [5.41, 5.74) is 0.531. The lowest BCUT2D eigenvalue weighted by atomic mass is 10.3. The number of ether oxygens (including phenoxy) is 1. The third-order valence-corrected chi connectivity index (χ3v) is 5.37. The normalized spacial score (nSPS) is 14.9. The van der Waals surface area contributed by atoms with Crippen molar-refractivity contribution in [1.82, 2.24) is 9.62 Å². The van der Waals surface area contributed by atoms with E-state index in [1.807, 2.05) is 0 Å². The summed E-state index contributed by atoms with van der Waals surface area (Å²) in [6.07, 6.45) is 1.83. The van der Waals surface area contributed by atoms with Gasteiger partial charge >= 0.3 is 6.03 Å². The molecule has 8 heteroatoms. The number of anilines is 1. The van der Waals surface area contributed by atoms with Crippen LogP contribution in [0.2, 0.25) is 0 Å². The molecule has 2 rings (SSSR count). The molecule has 0 radical (unpaired) electrons. The van der Waals surface area contributed by atoms with Crippen molar-refractivity contribution in [3.8, 4) is 0 Å². The summed E-state index contributed by atoms with van der Waals surface area (Å²) in [6.45, 7) is 0.832. The highest BCUT2D eigenvalue weighted by molar-refractivity contribution is 7.89. The maximum absolute atomic E-state index is 12.3. The van der Waals surface area contributed by atoms with Crippen LogP contribution in [0.15, 0.2) is 29.2 Å².